The van der Waals surface area contributed by atoms with Crippen LogP contribution in [0.15, 0.2) is 48.7 Å². The van der Waals surface area contributed by atoms with Crippen LogP contribution in [-0.4, -0.2) is 20.0 Å². The van der Waals surface area contributed by atoms with Gasteiger partial charge in [0.2, 0.25) is 0 Å². The highest BCUT2D eigenvalue weighted by atomic mass is 16.3. The standard InChI is InChI=1S/C13H10N2O2/c16-11-6-2-1-5-10(11)15-13-9(8-14-15)4-3-7-12(13)17/h1-8,16-17H. The number of hydrogen-bond donors (Lipinski definition) is 2. The van der Waals surface area contributed by atoms with Gasteiger partial charge in [-0.15, -0.1) is 0 Å². The van der Waals surface area contributed by atoms with Crippen molar-refractivity contribution in [2.45, 2.75) is 0 Å². The first-order valence-electron chi connectivity index (χ1n) is 5.21. The SMILES string of the molecule is Oc1ccccc1-n1ncc2cccc(O)c21. The Morgan fingerprint density at radius 3 is 2.47 bits per heavy atom. The van der Waals surface area contributed by atoms with Gasteiger partial charge in [-0.3, -0.25) is 0 Å². The Labute approximate surface area is 97.4 Å². The van der Waals surface area contributed by atoms with Gasteiger partial charge < -0.3 is 10.2 Å². The molecule has 0 aliphatic rings. The van der Waals surface area contributed by atoms with Gasteiger partial charge in [0.1, 0.15) is 22.7 Å². The third-order valence-electron chi connectivity index (χ3n) is 2.68. The van der Waals surface area contributed by atoms with Gasteiger partial charge >= 0.3 is 0 Å². The Morgan fingerprint density at radius 1 is 0.882 bits per heavy atom. The Morgan fingerprint density at radius 2 is 1.65 bits per heavy atom. The van der Waals surface area contributed by atoms with Gasteiger partial charge in [0, 0.05) is 5.39 Å². The zero-order valence-electron chi connectivity index (χ0n) is 8.91. The summed E-state index contributed by atoms with van der Waals surface area (Å²) in [4.78, 5) is 0. The second-order valence-corrected chi connectivity index (χ2v) is 3.76. The minimum Gasteiger partial charge on any atom is -0.506 e. The molecule has 0 atom stereocenters. The molecule has 3 aromatic rings. The number of hydrogen-bond acceptors (Lipinski definition) is 3. The Balaban J connectivity index is 2.36. The van der Waals surface area contributed by atoms with E-state index in [4.69, 9.17) is 0 Å². The van der Waals surface area contributed by atoms with E-state index in [2.05, 4.69) is 5.10 Å². The summed E-state index contributed by atoms with van der Waals surface area (Å²) in [6, 6.07) is 12.1. The summed E-state index contributed by atoms with van der Waals surface area (Å²) >= 11 is 0. The Kier molecular flexibility index (Phi) is 2.01. The van der Waals surface area contributed by atoms with E-state index in [0.29, 0.717) is 11.2 Å². The van der Waals surface area contributed by atoms with E-state index in [1.807, 2.05) is 12.1 Å². The van der Waals surface area contributed by atoms with Crippen molar-refractivity contribution >= 4 is 10.9 Å². The second kappa shape index (κ2) is 3.52. The molecule has 0 saturated carbocycles. The molecule has 17 heavy (non-hydrogen) atoms. The number of benzene rings is 2. The molecule has 0 saturated heterocycles. The predicted octanol–water partition coefficient (Wildman–Crippen LogP) is 2.44. The monoisotopic (exact) mass is 226 g/mol. The number of nitrogens with zero attached hydrogens (tertiary/aromatic N) is 2. The molecule has 1 heterocycles. The molecule has 0 amide bonds. The lowest BCUT2D eigenvalue weighted by Crippen LogP contribution is -1.96. The van der Waals surface area contributed by atoms with Gasteiger partial charge in [-0.05, 0) is 18.2 Å². The van der Waals surface area contributed by atoms with Crippen LogP contribution >= 0.6 is 0 Å². The van der Waals surface area contributed by atoms with Crippen LogP contribution in [0.3, 0.4) is 0 Å². The fourth-order valence-electron chi connectivity index (χ4n) is 1.89. The fraction of sp³-hybridized carbons (Fsp3) is 0. The van der Waals surface area contributed by atoms with Gasteiger partial charge in [0.15, 0.2) is 0 Å². The number of aromatic nitrogens is 2. The van der Waals surface area contributed by atoms with Crippen molar-refractivity contribution in [2.24, 2.45) is 0 Å². The summed E-state index contributed by atoms with van der Waals surface area (Å²) in [5, 5.41) is 24.7. The molecular formula is C13H10N2O2. The lowest BCUT2D eigenvalue weighted by atomic mass is 10.2. The van der Waals surface area contributed by atoms with E-state index in [1.165, 1.54) is 4.68 Å². The molecule has 0 radical (unpaired) electrons. The maximum Gasteiger partial charge on any atom is 0.141 e. The minimum atomic E-state index is 0.126. The fourth-order valence-corrected chi connectivity index (χ4v) is 1.89. The van der Waals surface area contributed by atoms with Crippen molar-refractivity contribution in [3.8, 4) is 17.2 Å². The second-order valence-electron chi connectivity index (χ2n) is 3.76. The van der Waals surface area contributed by atoms with Crippen LogP contribution in [0.5, 0.6) is 11.5 Å². The summed E-state index contributed by atoms with van der Waals surface area (Å²) < 4.78 is 1.53. The van der Waals surface area contributed by atoms with Crippen molar-refractivity contribution in [2.75, 3.05) is 0 Å². The van der Waals surface area contributed by atoms with Crippen LogP contribution < -0.4 is 0 Å². The summed E-state index contributed by atoms with van der Waals surface area (Å²) in [7, 11) is 0. The molecule has 4 nitrogen and oxygen atoms in total. The third-order valence-corrected chi connectivity index (χ3v) is 2.68. The van der Waals surface area contributed by atoms with Gasteiger partial charge in [-0.2, -0.15) is 5.10 Å². The van der Waals surface area contributed by atoms with Crippen LogP contribution in [0.1, 0.15) is 0 Å². The van der Waals surface area contributed by atoms with Gasteiger partial charge in [-0.25, -0.2) is 4.68 Å². The van der Waals surface area contributed by atoms with Crippen LogP contribution in [0, 0.1) is 0 Å². The van der Waals surface area contributed by atoms with E-state index in [-0.39, 0.29) is 11.5 Å². The van der Waals surface area contributed by atoms with Crippen LogP contribution in [-0.2, 0) is 0 Å². The smallest absolute Gasteiger partial charge is 0.141 e. The van der Waals surface area contributed by atoms with E-state index in [1.54, 1.807) is 36.5 Å². The largest absolute Gasteiger partial charge is 0.506 e. The van der Waals surface area contributed by atoms with E-state index >= 15 is 0 Å². The van der Waals surface area contributed by atoms with Crippen molar-refractivity contribution in [3.05, 3.63) is 48.7 Å². The zero-order chi connectivity index (χ0) is 11.8. The number of phenolic OH excluding ortho intramolecular Hbond substituents is 2. The molecule has 4 heteroatoms. The van der Waals surface area contributed by atoms with Crippen molar-refractivity contribution in [3.63, 3.8) is 0 Å². The van der Waals surface area contributed by atoms with Gasteiger partial charge in [0.25, 0.3) is 0 Å². The summed E-state index contributed by atoms with van der Waals surface area (Å²) in [5.74, 6) is 0.268. The molecule has 0 aliphatic carbocycles. The number of para-hydroxylation sites is 3. The predicted molar refractivity (Wildman–Crippen MR) is 64.4 cm³/mol. The molecule has 3 rings (SSSR count). The molecule has 1 aromatic heterocycles. The van der Waals surface area contributed by atoms with Gasteiger partial charge in [0.05, 0.1) is 6.20 Å². The Bertz CT molecular complexity index is 689. The normalized spacial score (nSPS) is 10.8. The maximum absolute atomic E-state index is 9.85. The van der Waals surface area contributed by atoms with Crippen molar-refractivity contribution in [1.29, 1.82) is 0 Å². The minimum absolute atomic E-state index is 0.126. The highest BCUT2D eigenvalue weighted by molar-refractivity contribution is 5.86. The first-order chi connectivity index (χ1) is 8.27. The molecule has 84 valence electrons. The first kappa shape index (κ1) is 9.72. The molecule has 0 unspecified atom stereocenters. The number of aromatic hydroxyl groups is 2. The third kappa shape index (κ3) is 1.42. The maximum atomic E-state index is 9.85. The quantitative estimate of drug-likeness (QED) is 0.670. The van der Waals surface area contributed by atoms with Crippen LogP contribution in [0.4, 0.5) is 0 Å². The van der Waals surface area contributed by atoms with E-state index in [0.717, 1.165) is 5.39 Å². The first-order valence-corrected chi connectivity index (χ1v) is 5.21. The van der Waals surface area contributed by atoms with E-state index < -0.39 is 0 Å². The zero-order valence-corrected chi connectivity index (χ0v) is 8.91. The lowest BCUT2D eigenvalue weighted by molar-refractivity contribution is 0.468. The Hall–Kier alpha value is -2.49. The molecule has 0 bridgehead atoms. The van der Waals surface area contributed by atoms with Crippen molar-refractivity contribution in [1.82, 2.24) is 9.78 Å². The average molecular weight is 226 g/mol. The highest BCUT2D eigenvalue weighted by Crippen LogP contribution is 2.29. The molecule has 2 aromatic carbocycles. The number of fused-ring (bicyclic) bond motifs is 1. The topological polar surface area (TPSA) is 58.3 Å². The van der Waals surface area contributed by atoms with E-state index in [9.17, 15) is 10.2 Å². The molecular weight excluding hydrogens is 216 g/mol. The lowest BCUT2D eigenvalue weighted by Gasteiger charge is -2.06. The summed E-state index contributed by atoms with van der Waals surface area (Å²) in [6.45, 7) is 0. The number of phenols is 2. The van der Waals surface area contributed by atoms with Crippen LogP contribution in [0.25, 0.3) is 16.6 Å². The molecule has 0 spiro atoms. The highest BCUT2D eigenvalue weighted by Gasteiger charge is 2.10. The molecule has 2 N–H and O–H groups in total. The number of rotatable bonds is 1. The van der Waals surface area contributed by atoms with Crippen LogP contribution in [0.2, 0.25) is 0 Å². The summed E-state index contributed by atoms with van der Waals surface area (Å²) in [6.07, 6.45) is 1.65. The molecule has 0 fully saturated rings. The average Bonchev–Trinajstić information content (AvgIpc) is 2.75. The summed E-state index contributed by atoms with van der Waals surface area (Å²) in [5.41, 5.74) is 1.14. The van der Waals surface area contributed by atoms with Gasteiger partial charge in [-0.1, -0.05) is 24.3 Å². The molecule has 0 aliphatic heterocycles. The van der Waals surface area contributed by atoms with Crippen molar-refractivity contribution < 1.29 is 10.2 Å².